The maximum atomic E-state index is 12.1. The SMILES string of the molecule is C=CC(=O)N1CCN(c2nc(C)nc3cc(Cl)c(-c4ccc(Cl)cc4)cc23)CC1C#N. The molecular formula is C23H19Cl2N5O. The summed E-state index contributed by atoms with van der Waals surface area (Å²) in [5.74, 6) is 1.09. The molecule has 1 unspecified atom stereocenters. The molecule has 0 N–H and O–H groups in total. The van der Waals surface area contributed by atoms with Crippen LogP contribution >= 0.6 is 23.2 Å². The lowest BCUT2D eigenvalue weighted by atomic mass is 10.0. The molecule has 1 aromatic heterocycles. The zero-order valence-electron chi connectivity index (χ0n) is 16.8. The zero-order valence-corrected chi connectivity index (χ0v) is 18.4. The second-order valence-corrected chi connectivity index (χ2v) is 8.12. The van der Waals surface area contributed by atoms with Gasteiger partial charge in [0.1, 0.15) is 17.7 Å². The molecule has 0 spiro atoms. The first-order chi connectivity index (χ1) is 14.9. The van der Waals surface area contributed by atoms with Gasteiger partial charge in [0, 0.05) is 29.1 Å². The van der Waals surface area contributed by atoms with Crippen molar-refractivity contribution in [3.05, 3.63) is 64.9 Å². The minimum atomic E-state index is -0.590. The average molecular weight is 452 g/mol. The molecular weight excluding hydrogens is 433 g/mol. The average Bonchev–Trinajstić information content (AvgIpc) is 2.77. The smallest absolute Gasteiger partial charge is 0.247 e. The van der Waals surface area contributed by atoms with E-state index >= 15 is 0 Å². The van der Waals surface area contributed by atoms with E-state index in [2.05, 4.69) is 22.6 Å². The summed E-state index contributed by atoms with van der Waals surface area (Å²) in [5, 5.41) is 11.7. The number of aromatic nitrogens is 2. The van der Waals surface area contributed by atoms with Gasteiger partial charge in [-0.15, -0.1) is 0 Å². The van der Waals surface area contributed by atoms with Crippen LogP contribution in [0, 0.1) is 18.3 Å². The van der Waals surface area contributed by atoms with Crippen molar-refractivity contribution in [3.63, 3.8) is 0 Å². The Balaban J connectivity index is 1.80. The Morgan fingerprint density at radius 3 is 2.65 bits per heavy atom. The Morgan fingerprint density at radius 2 is 1.97 bits per heavy atom. The van der Waals surface area contributed by atoms with Crippen molar-refractivity contribution >= 4 is 45.8 Å². The van der Waals surface area contributed by atoms with Crippen molar-refractivity contribution in [1.29, 1.82) is 5.26 Å². The third-order valence-corrected chi connectivity index (χ3v) is 5.88. The highest BCUT2D eigenvalue weighted by atomic mass is 35.5. The van der Waals surface area contributed by atoms with Crippen molar-refractivity contribution in [2.45, 2.75) is 13.0 Å². The van der Waals surface area contributed by atoms with Crippen LogP contribution in [0.2, 0.25) is 10.0 Å². The maximum absolute atomic E-state index is 12.1. The monoisotopic (exact) mass is 451 g/mol. The summed E-state index contributed by atoms with van der Waals surface area (Å²) in [6.45, 7) is 6.65. The van der Waals surface area contributed by atoms with Crippen LogP contribution in [0.25, 0.3) is 22.0 Å². The van der Waals surface area contributed by atoms with Gasteiger partial charge in [0.25, 0.3) is 0 Å². The lowest BCUT2D eigenvalue weighted by molar-refractivity contribution is -0.127. The normalized spacial score (nSPS) is 16.3. The predicted octanol–water partition coefficient (Wildman–Crippen LogP) is 4.64. The molecule has 1 fully saturated rings. The molecule has 2 heterocycles. The maximum Gasteiger partial charge on any atom is 0.247 e. The van der Waals surface area contributed by atoms with Crippen molar-refractivity contribution in [1.82, 2.24) is 14.9 Å². The van der Waals surface area contributed by atoms with E-state index in [0.717, 1.165) is 27.8 Å². The van der Waals surface area contributed by atoms with Crippen molar-refractivity contribution in [2.24, 2.45) is 0 Å². The van der Waals surface area contributed by atoms with Crippen LogP contribution in [0.3, 0.4) is 0 Å². The van der Waals surface area contributed by atoms with Gasteiger partial charge >= 0.3 is 0 Å². The largest absolute Gasteiger partial charge is 0.351 e. The van der Waals surface area contributed by atoms with Crippen molar-refractivity contribution < 1.29 is 4.79 Å². The summed E-state index contributed by atoms with van der Waals surface area (Å²) in [5.41, 5.74) is 2.50. The number of rotatable bonds is 3. The topological polar surface area (TPSA) is 73.1 Å². The number of hydrogen-bond donors (Lipinski definition) is 0. The van der Waals surface area contributed by atoms with E-state index in [1.54, 1.807) is 0 Å². The van der Waals surface area contributed by atoms with Crippen LogP contribution in [0.15, 0.2) is 49.1 Å². The summed E-state index contributed by atoms with van der Waals surface area (Å²) in [4.78, 5) is 24.9. The van der Waals surface area contributed by atoms with Gasteiger partial charge in [-0.3, -0.25) is 4.79 Å². The van der Waals surface area contributed by atoms with E-state index in [4.69, 9.17) is 23.2 Å². The minimum absolute atomic E-state index is 0.244. The Hall–Kier alpha value is -3.14. The fraction of sp³-hybridized carbons (Fsp3) is 0.217. The lowest BCUT2D eigenvalue weighted by Crippen LogP contribution is -2.54. The standard InChI is InChI=1S/C23H19Cl2N5O/c1-3-22(31)30-9-8-29(13-17(30)12-26)23-19-10-18(15-4-6-16(24)7-5-15)20(25)11-21(19)27-14(2)28-23/h3-7,10-11,17H,1,8-9,13H2,2H3. The highest BCUT2D eigenvalue weighted by Crippen LogP contribution is 2.36. The number of aryl methyl sites for hydroxylation is 1. The Bertz CT molecular complexity index is 1220. The van der Waals surface area contributed by atoms with Crippen molar-refractivity contribution in [3.8, 4) is 17.2 Å². The van der Waals surface area contributed by atoms with Gasteiger partial charge in [-0.1, -0.05) is 41.9 Å². The number of halogens is 2. The minimum Gasteiger partial charge on any atom is -0.351 e. The quantitative estimate of drug-likeness (QED) is 0.542. The molecule has 6 nitrogen and oxygen atoms in total. The van der Waals surface area contributed by atoms with E-state index in [1.165, 1.54) is 11.0 Å². The fourth-order valence-corrected chi connectivity index (χ4v) is 4.20. The predicted molar refractivity (Wildman–Crippen MR) is 123 cm³/mol. The number of carbonyl (C=O) groups excluding carboxylic acids is 1. The summed E-state index contributed by atoms with van der Waals surface area (Å²) in [6.07, 6.45) is 1.24. The van der Waals surface area contributed by atoms with Gasteiger partial charge in [-0.2, -0.15) is 5.26 Å². The number of hydrogen-bond acceptors (Lipinski definition) is 5. The zero-order chi connectivity index (χ0) is 22.1. The van der Waals surface area contributed by atoms with Crippen LogP contribution in [0.4, 0.5) is 5.82 Å². The molecule has 0 bridgehead atoms. The molecule has 3 aromatic rings. The first-order valence-electron chi connectivity index (χ1n) is 9.72. The number of amides is 1. The summed E-state index contributed by atoms with van der Waals surface area (Å²) in [7, 11) is 0. The summed E-state index contributed by atoms with van der Waals surface area (Å²) in [6, 6.07) is 12.9. The number of nitriles is 1. The molecule has 8 heteroatoms. The number of carbonyl (C=O) groups is 1. The number of benzene rings is 2. The molecule has 1 aliphatic heterocycles. The van der Waals surface area contributed by atoms with E-state index in [0.29, 0.717) is 35.5 Å². The highest BCUT2D eigenvalue weighted by Gasteiger charge is 2.31. The van der Waals surface area contributed by atoms with Crippen molar-refractivity contribution in [2.75, 3.05) is 24.5 Å². The molecule has 4 rings (SSSR count). The molecule has 1 saturated heterocycles. The third-order valence-electron chi connectivity index (χ3n) is 5.32. The molecule has 0 aliphatic carbocycles. The van der Waals surface area contributed by atoms with E-state index < -0.39 is 6.04 Å². The molecule has 0 saturated carbocycles. The fourth-order valence-electron chi connectivity index (χ4n) is 3.81. The highest BCUT2D eigenvalue weighted by molar-refractivity contribution is 6.34. The first-order valence-corrected chi connectivity index (χ1v) is 10.5. The summed E-state index contributed by atoms with van der Waals surface area (Å²) < 4.78 is 0. The molecule has 0 radical (unpaired) electrons. The number of fused-ring (bicyclic) bond motifs is 1. The van der Waals surface area contributed by atoms with Crippen LogP contribution in [-0.2, 0) is 4.79 Å². The van der Waals surface area contributed by atoms with Crippen LogP contribution in [-0.4, -0.2) is 46.5 Å². The molecule has 31 heavy (non-hydrogen) atoms. The number of piperazine rings is 1. The molecule has 1 aliphatic rings. The van der Waals surface area contributed by atoms with Gasteiger partial charge in [-0.25, -0.2) is 9.97 Å². The number of anilines is 1. The van der Waals surface area contributed by atoms with Crippen LogP contribution in [0.1, 0.15) is 5.82 Å². The third kappa shape index (κ3) is 4.07. The van der Waals surface area contributed by atoms with Gasteiger partial charge in [-0.05, 0) is 42.8 Å². The van der Waals surface area contributed by atoms with Gasteiger partial charge in [0.05, 0.1) is 23.2 Å². The van der Waals surface area contributed by atoms with Gasteiger partial charge < -0.3 is 9.80 Å². The number of nitrogens with zero attached hydrogens (tertiary/aromatic N) is 5. The molecule has 1 atom stereocenters. The Kier molecular flexibility index (Phi) is 5.81. The second-order valence-electron chi connectivity index (χ2n) is 7.28. The van der Waals surface area contributed by atoms with E-state index in [-0.39, 0.29) is 5.91 Å². The second kappa shape index (κ2) is 8.54. The van der Waals surface area contributed by atoms with Crippen LogP contribution < -0.4 is 4.90 Å². The molecule has 156 valence electrons. The van der Waals surface area contributed by atoms with Crippen LogP contribution in [0.5, 0.6) is 0 Å². The Labute approximate surface area is 190 Å². The van der Waals surface area contributed by atoms with Gasteiger partial charge in [0.15, 0.2) is 0 Å². The lowest BCUT2D eigenvalue weighted by Gasteiger charge is -2.38. The van der Waals surface area contributed by atoms with Gasteiger partial charge in [0.2, 0.25) is 5.91 Å². The summed E-state index contributed by atoms with van der Waals surface area (Å²) >= 11 is 12.6. The Morgan fingerprint density at radius 1 is 1.23 bits per heavy atom. The molecule has 2 aromatic carbocycles. The van der Waals surface area contributed by atoms with E-state index in [1.807, 2.05) is 48.2 Å². The first kappa shape index (κ1) is 21.1. The molecule has 1 amide bonds. The van der Waals surface area contributed by atoms with E-state index in [9.17, 15) is 10.1 Å².